The number of benzene rings is 1. The summed E-state index contributed by atoms with van der Waals surface area (Å²) >= 11 is 0. The minimum Gasteiger partial charge on any atom is -0.383 e. The molecule has 0 saturated carbocycles. The molecule has 0 aliphatic rings. The fraction of sp³-hybridized carbons (Fsp3) is 0.462. The van der Waals surface area contributed by atoms with Gasteiger partial charge in [-0.15, -0.1) is 12.4 Å². The zero-order valence-corrected chi connectivity index (χ0v) is 14.5. The molecular weight excluding hydrogens is 349 g/mol. The highest BCUT2D eigenvalue weighted by atomic mass is 35.5. The van der Waals surface area contributed by atoms with E-state index in [1.807, 2.05) is 0 Å². The fourth-order valence-electron chi connectivity index (χ4n) is 1.65. The Bertz CT molecular complexity index is 613. The van der Waals surface area contributed by atoms with Gasteiger partial charge in [0.2, 0.25) is 10.0 Å². The van der Waals surface area contributed by atoms with Crippen LogP contribution in [0.3, 0.4) is 0 Å². The standard InChI is InChI=1S/C13H20FN3O4S.ClH/c1-21-8-7-15-5-6-16-13(18)11-9-10(14)3-4-12(11)17-22(2,19)20;/h3-4,9,15,17H,5-8H2,1-2H3,(H,16,18);1H. The third-order valence-electron chi connectivity index (χ3n) is 2.59. The van der Waals surface area contributed by atoms with Gasteiger partial charge in [0.05, 0.1) is 24.1 Å². The summed E-state index contributed by atoms with van der Waals surface area (Å²) < 4.78 is 42.9. The van der Waals surface area contributed by atoms with Crippen LogP contribution in [0.25, 0.3) is 0 Å². The van der Waals surface area contributed by atoms with Gasteiger partial charge in [-0.1, -0.05) is 0 Å². The molecule has 1 aromatic carbocycles. The van der Waals surface area contributed by atoms with Gasteiger partial charge in [-0.3, -0.25) is 9.52 Å². The van der Waals surface area contributed by atoms with Crippen LogP contribution in [0.4, 0.5) is 10.1 Å². The normalized spacial score (nSPS) is 10.7. The lowest BCUT2D eigenvalue weighted by molar-refractivity contribution is 0.0954. The summed E-state index contributed by atoms with van der Waals surface area (Å²) in [4.78, 5) is 12.0. The maximum atomic E-state index is 13.3. The van der Waals surface area contributed by atoms with Gasteiger partial charge >= 0.3 is 0 Å². The van der Waals surface area contributed by atoms with Crippen molar-refractivity contribution in [3.63, 3.8) is 0 Å². The van der Waals surface area contributed by atoms with Gasteiger partial charge < -0.3 is 15.4 Å². The summed E-state index contributed by atoms with van der Waals surface area (Å²) in [6.07, 6.45) is 0.956. The summed E-state index contributed by atoms with van der Waals surface area (Å²) in [5, 5.41) is 5.62. The maximum absolute atomic E-state index is 13.3. The van der Waals surface area contributed by atoms with Crippen LogP contribution >= 0.6 is 12.4 Å². The van der Waals surface area contributed by atoms with E-state index in [4.69, 9.17) is 4.74 Å². The van der Waals surface area contributed by atoms with E-state index >= 15 is 0 Å². The molecule has 0 unspecified atom stereocenters. The van der Waals surface area contributed by atoms with Crippen molar-refractivity contribution >= 4 is 34.0 Å². The van der Waals surface area contributed by atoms with E-state index in [1.165, 1.54) is 6.07 Å². The average molecular weight is 370 g/mol. The molecule has 0 aliphatic carbocycles. The van der Waals surface area contributed by atoms with E-state index < -0.39 is 21.7 Å². The smallest absolute Gasteiger partial charge is 0.253 e. The number of methoxy groups -OCH3 is 1. The van der Waals surface area contributed by atoms with Crippen LogP contribution in [0.1, 0.15) is 10.4 Å². The highest BCUT2D eigenvalue weighted by Gasteiger charge is 2.14. The Morgan fingerprint density at radius 1 is 1.26 bits per heavy atom. The second-order valence-electron chi connectivity index (χ2n) is 4.56. The molecule has 1 aromatic rings. The highest BCUT2D eigenvalue weighted by molar-refractivity contribution is 7.92. The Morgan fingerprint density at radius 3 is 2.57 bits per heavy atom. The van der Waals surface area contributed by atoms with Crippen molar-refractivity contribution in [2.45, 2.75) is 0 Å². The van der Waals surface area contributed by atoms with Crippen LogP contribution in [0.2, 0.25) is 0 Å². The van der Waals surface area contributed by atoms with Crippen LogP contribution in [-0.4, -0.2) is 53.9 Å². The molecule has 0 aliphatic heterocycles. The van der Waals surface area contributed by atoms with Crippen molar-refractivity contribution in [2.75, 3.05) is 44.3 Å². The number of ether oxygens (including phenoxy) is 1. The number of amides is 1. The molecule has 10 heteroatoms. The Labute approximate surface area is 141 Å². The summed E-state index contributed by atoms with van der Waals surface area (Å²) in [5.74, 6) is -1.18. The fourth-order valence-corrected chi connectivity index (χ4v) is 2.23. The molecule has 0 saturated heterocycles. The molecule has 1 rings (SSSR count). The van der Waals surface area contributed by atoms with Crippen LogP contribution in [0.5, 0.6) is 0 Å². The number of carbonyl (C=O) groups excluding carboxylic acids is 1. The molecule has 132 valence electrons. The lowest BCUT2D eigenvalue weighted by atomic mass is 10.1. The molecule has 7 nitrogen and oxygen atoms in total. The zero-order valence-electron chi connectivity index (χ0n) is 12.9. The molecule has 0 fully saturated rings. The quantitative estimate of drug-likeness (QED) is 0.553. The third kappa shape index (κ3) is 8.70. The molecule has 0 heterocycles. The Morgan fingerprint density at radius 2 is 1.96 bits per heavy atom. The number of rotatable bonds is 9. The maximum Gasteiger partial charge on any atom is 0.253 e. The predicted molar refractivity (Wildman–Crippen MR) is 89.2 cm³/mol. The summed E-state index contributed by atoms with van der Waals surface area (Å²) in [6.45, 7) is 2.03. The van der Waals surface area contributed by atoms with Crippen molar-refractivity contribution in [1.82, 2.24) is 10.6 Å². The monoisotopic (exact) mass is 369 g/mol. The molecule has 0 atom stereocenters. The molecule has 0 bridgehead atoms. The Hall–Kier alpha value is -1.42. The third-order valence-corrected chi connectivity index (χ3v) is 3.18. The van der Waals surface area contributed by atoms with Crippen LogP contribution < -0.4 is 15.4 Å². The van der Waals surface area contributed by atoms with Crippen molar-refractivity contribution in [2.24, 2.45) is 0 Å². The number of carbonyl (C=O) groups is 1. The first kappa shape index (κ1) is 21.6. The second kappa shape index (κ2) is 10.4. The van der Waals surface area contributed by atoms with Gasteiger partial charge in [-0.25, -0.2) is 12.8 Å². The summed E-state index contributed by atoms with van der Waals surface area (Å²) in [6, 6.07) is 3.28. The lowest BCUT2D eigenvalue weighted by Crippen LogP contribution is -2.33. The highest BCUT2D eigenvalue weighted by Crippen LogP contribution is 2.18. The number of anilines is 1. The molecule has 0 radical (unpaired) electrons. The lowest BCUT2D eigenvalue weighted by Gasteiger charge is -2.11. The van der Waals surface area contributed by atoms with E-state index in [0.29, 0.717) is 26.2 Å². The number of nitrogens with one attached hydrogen (secondary N) is 3. The summed E-state index contributed by atoms with van der Waals surface area (Å²) in [5.41, 5.74) is -0.0314. The number of hydrogen-bond acceptors (Lipinski definition) is 5. The molecule has 1 amide bonds. The van der Waals surface area contributed by atoms with E-state index in [9.17, 15) is 17.6 Å². The minimum absolute atomic E-state index is 0. The zero-order chi connectivity index (χ0) is 16.6. The summed E-state index contributed by atoms with van der Waals surface area (Å²) in [7, 11) is -1.97. The van der Waals surface area contributed by atoms with Gasteiger partial charge in [-0.2, -0.15) is 0 Å². The Kier molecular flexibility index (Phi) is 9.73. The molecule has 0 spiro atoms. The average Bonchev–Trinajstić information content (AvgIpc) is 2.43. The molecular formula is C13H21ClFN3O4S. The van der Waals surface area contributed by atoms with Crippen molar-refractivity contribution in [1.29, 1.82) is 0 Å². The van der Waals surface area contributed by atoms with E-state index in [0.717, 1.165) is 18.4 Å². The van der Waals surface area contributed by atoms with E-state index in [1.54, 1.807) is 7.11 Å². The molecule has 3 N–H and O–H groups in total. The molecule has 23 heavy (non-hydrogen) atoms. The number of halogens is 2. The van der Waals surface area contributed by atoms with E-state index in [2.05, 4.69) is 15.4 Å². The minimum atomic E-state index is -3.56. The van der Waals surface area contributed by atoms with Crippen LogP contribution in [0, 0.1) is 5.82 Å². The topological polar surface area (TPSA) is 96.5 Å². The van der Waals surface area contributed by atoms with Crippen LogP contribution in [-0.2, 0) is 14.8 Å². The number of sulfonamides is 1. The van der Waals surface area contributed by atoms with Gasteiger partial charge in [0.25, 0.3) is 5.91 Å². The van der Waals surface area contributed by atoms with Gasteiger partial charge in [-0.05, 0) is 18.2 Å². The molecule has 0 aromatic heterocycles. The Balaban J connectivity index is 0.00000484. The first-order valence-corrected chi connectivity index (χ1v) is 8.48. The van der Waals surface area contributed by atoms with Gasteiger partial charge in [0.15, 0.2) is 0 Å². The van der Waals surface area contributed by atoms with Gasteiger partial charge in [0, 0.05) is 26.7 Å². The largest absolute Gasteiger partial charge is 0.383 e. The first-order valence-electron chi connectivity index (χ1n) is 6.58. The SMILES string of the molecule is COCCNCCNC(=O)c1cc(F)ccc1NS(C)(=O)=O.Cl. The second-order valence-corrected chi connectivity index (χ2v) is 6.31. The van der Waals surface area contributed by atoms with Crippen LogP contribution in [0.15, 0.2) is 18.2 Å². The van der Waals surface area contributed by atoms with Crippen molar-refractivity contribution in [3.05, 3.63) is 29.6 Å². The first-order chi connectivity index (χ1) is 10.3. The van der Waals surface area contributed by atoms with Gasteiger partial charge in [0.1, 0.15) is 5.82 Å². The van der Waals surface area contributed by atoms with Crippen molar-refractivity contribution < 1.29 is 22.3 Å². The van der Waals surface area contributed by atoms with E-state index in [-0.39, 0.29) is 23.7 Å². The predicted octanol–water partition coefficient (Wildman–Crippen LogP) is 0.585. The van der Waals surface area contributed by atoms with Crippen molar-refractivity contribution in [3.8, 4) is 0 Å². The number of hydrogen-bond donors (Lipinski definition) is 3.